The maximum absolute atomic E-state index is 9.42. The Bertz CT molecular complexity index is 1000. The van der Waals surface area contributed by atoms with Gasteiger partial charge in [-0.1, -0.05) is 48.5 Å². The lowest BCUT2D eigenvalue weighted by molar-refractivity contribution is 0.266. The van der Waals surface area contributed by atoms with E-state index in [1.165, 1.54) is 0 Å². The predicted molar refractivity (Wildman–Crippen MR) is 97.0 cm³/mol. The van der Waals surface area contributed by atoms with E-state index in [1.807, 2.05) is 35.8 Å². The van der Waals surface area contributed by atoms with E-state index < -0.39 is 0 Å². The van der Waals surface area contributed by atoms with Gasteiger partial charge in [-0.2, -0.15) is 5.21 Å². The number of H-pyrrole nitrogens is 1. The Hall–Kier alpha value is -3.32. The molecule has 26 heavy (non-hydrogen) atoms. The summed E-state index contributed by atoms with van der Waals surface area (Å²) >= 11 is 0. The molecule has 0 bridgehead atoms. The van der Waals surface area contributed by atoms with Gasteiger partial charge in [0.2, 0.25) is 5.82 Å². The summed E-state index contributed by atoms with van der Waals surface area (Å²) in [6.07, 6.45) is 1.78. The third kappa shape index (κ3) is 3.00. The quantitative estimate of drug-likeness (QED) is 0.579. The molecule has 2 heterocycles. The molecule has 7 heteroatoms. The van der Waals surface area contributed by atoms with Gasteiger partial charge in [0.1, 0.15) is 12.4 Å². The second kappa shape index (κ2) is 6.89. The Morgan fingerprint density at radius 1 is 1.04 bits per heavy atom. The summed E-state index contributed by atoms with van der Waals surface area (Å²) in [6.45, 7) is 2.60. The number of aryl methyl sites for hydroxylation is 1. The van der Waals surface area contributed by atoms with E-state index in [-0.39, 0.29) is 6.61 Å². The monoisotopic (exact) mass is 346 g/mol. The minimum Gasteiger partial charge on any atom is -0.388 e. The number of hydrogen-bond acceptors (Lipinski definition) is 5. The number of rotatable bonds is 5. The lowest BCUT2D eigenvalue weighted by Gasteiger charge is -2.11. The molecule has 0 radical (unpaired) electrons. The summed E-state index contributed by atoms with van der Waals surface area (Å²) in [5, 5.41) is 23.7. The van der Waals surface area contributed by atoms with Crippen molar-refractivity contribution in [2.24, 2.45) is 0 Å². The maximum Gasteiger partial charge on any atom is 0.205 e. The van der Waals surface area contributed by atoms with Crippen molar-refractivity contribution in [2.45, 2.75) is 20.1 Å². The zero-order valence-corrected chi connectivity index (χ0v) is 14.3. The van der Waals surface area contributed by atoms with Crippen LogP contribution in [0.3, 0.4) is 0 Å². The molecule has 0 saturated heterocycles. The number of hydrogen-bond donors (Lipinski definition) is 2. The molecule has 0 atom stereocenters. The summed E-state index contributed by atoms with van der Waals surface area (Å²) in [5.74, 6) is 1.25. The zero-order valence-electron chi connectivity index (χ0n) is 14.3. The van der Waals surface area contributed by atoms with Gasteiger partial charge >= 0.3 is 0 Å². The van der Waals surface area contributed by atoms with E-state index in [0.29, 0.717) is 18.2 Å². The first-order chi connectivity index (χ1) is 12.8. The van der Waals surface area contributed by atoms with E-state index in [1.54, 1.807) is 6.20 Å². The molecule has 0 spiro atoms. The molecule has 0 aliphatic rings. The van der Waals surface area contributed by atoms with Crippen LogP contribution in [0.25, 0.3) is 22.5 Å². The van der Waals surface area contributed by atoms with Gasteiger partial charge in [0.25, 0.3) is 0 Å². The van der Waals surface area contributed by atoms with Gasteiger partial charge in [0.15, 0.2) is 0 Å². The van der Waals surface area contributed by atoms with Crippen molar-refractivity contribution in [3.8, 4) is 22.5 Å². The zero-order chi connectivity index (χ0) is 17.9. The molecule has 0 fully saturated rings. The lowest BCUT2D eigenvalue weighted by atomic mass is 9.98. The van der Waals surface area contributed by atoms with Gasteiger partial charge in [-0.3, -0.25) is 0 Å². The molecular weight excluding hydrogens is 328 g/mol. The van der Waals surface area contributed by atoms with E-state index in [2.05, 4.69) is 49.9 Å². The number of imidazole rings is 1. The molecule has 4 aromatic rings. The fraction of sp³-hybridized carbons (Fsp3) is 0.158. The average molecular weight is 346 g/mol. The Labute approximate surface area is 150 Å². The van der Waals surface area contributed by atoms with E-state index in [4.69, 9.17) is 0 Å². The number of nitrogens with zero attached hydrogens (tertiary/aromatic N) is 5. The van der Waals surface area contributed by atoms with Crippen LogP contribution in [0.4, 0.5) is 0 Å². The number of nitrogens with one attached hydrogen (secondary N) is 1. The fourth-order valence-electron chi connectivity index (χ4n) is 3.03. The molecule has 0 aliphatic carbocycles. The molecule has 7 nitrogen and oxygen atoms in total. The Morgan fingerprint density at radius 2 is 1.81 bits per heavy atom. The van der Waals surface area contributed by atoms with E-state index in [0.717, 1.165) is 27.9 Å². The second-order valence-electron chi connectivity index (χ2n) is 6.04. The topological polar surface area (TPSA) is 92.5 Å². The third-order valence-corrected chi connectivity index (χ3v) is 4.40. The van der Waals surface area contributed by atoms with Crippen molar-refractivity contribution in [1.82, 2.24) is 30.2 Å². The van der Waals surface area contributed by atoms with E-state index >= 15 is 0 Å². The maximum atomic E-state index is 9.42. The van der Waals surface area contributed by atoms with Gasteiger partial charge in [0, 0.05) is 24.0 Å². The van der Waals surface area contributed by atoms with Crippen molar-refractivity contribution < 1.29 is 5.11 Å². The van der Waals surface area contributed by atoms with Crippen LogP contribution in [-0.4, -0.2) is 35.3 Å². The molecule has 0 saturated carbocycles. The van der Waals surface area contributed by atoms with Gasteiger partial charge in [-0.25, -0.2) is 4.98 Å². The van der Waals surface area contributed by atoms with Crippen molar-refractivity contribution in [1.29, 1.82) is 0 Å². The lowest BCUT2D eigenvalue weighted by Crippen LogP contribution is -2.06. The van der Waals surface area contributed by atoms with Crippen molar-refractivity contribution in [3.63, 3.8) is 0 Å². The fourth-order valence-corrected chi connectivity index (χ4v) is 3.03. The van der Waals surface area contributed by atoms with Gasteiger partial charge in [-0.05, 0) is 28.8 Å². The largest absolute Gasteiger partial charge is 0.388 e. The molecule has 2 aromatic carbocycles. The van der Waals surface area contributed by atoms with Gasteiger partial charge in [0.05, 0.1) is 0 Å². The Morgan fingerprint density at radius 3 is 2.50 bits per heavy atom. The highest BCUT2D eigenvalue weighted by atomic mass is 16.3. The second-order valence-corrected chi connectivity index (χ2v) is 6.04. The first kappa shape index (κ1) is 16.2. The minimum atomic E-state index is -0.0655. The van der Waals surface area contributed by atoms with Crippen LogP contribution in [0.5, 0.6) is 0 Å². The summed E-state index contributed by atoms with van der Waals surface area (Å²) < 4.78 is 2.02. The summed E-state index contributed by atoms with van der Waals surface area (Å²) in [6, 6.07) is 16.3. The molecule has 0 aliphatic heterocycles. The SMILES string of the molecule is Cc1cnc(CO)n1Cc1ccc(-c2ccccc2-c2nn[nH]n2)cc1. The van der Waals surface area contributed by atoms with Crippen molar-refractivity contribution in [2.75, 3.05) is 0 Å². The average Bonchev–Trinajstić information content (AvgIpc) is 3.33. The summed E-state index contributed by atoms with van der Waals surface area (Å²) in [7, 11) is 0. The summed E-state index contributed by atoms with van der Waals surface area (Å²) in [4.78, 5) is 4.23. The molecule has 4 rings (SSSR count). The minimum absolute atomic E-state index is 0.0655. The van der Waals surface area contributed by atoms with Crippen LogP contribution in [0, 0.1) is 6.92 Å². The first-order valence-electron chi connectivity index (χ1n) is 8.30. The molecule has 0 unspecified atom stereocenters. The number of aliphatic hydroxyl groups is 1. The summed E-state index contributed by atoms with van der Waals surface area (Å²) in [5.41, 5.74) is 5.23. The number of benzene rings is 2. The van der Waals surface area contributed by atoms with Crippen LogP contribution < -0.4 is 0 Å². The highest BCUT2D eigenvalue weighted by Crippen LogP contribution is 2.29. The van der Waals surface area contributed by atoms with Crippen LogP contribution >= 0.6 is 0 Å². The van der Waals surface area contributed by atoms with Crippen LogP contribution in [0.1, 0.15) is 17.1 Å². The normalized spacial score (nSPS) is 11.0. The van der Waals surface area contributed by atoms with Crippen molar-refractivity contribution >= 4 is 0 Å². The van der Waals surface area contributed by atoms with Gasteiger partial charge < -0.3 is 9.67 Å². The Kier molecular flexibility index (Phi) is 4.28. The third-order valence-electron chi connectivity index (χ3n) is 4.40. The highest BCUT2D eigenvalue weighted by Gasteiger charge is 2.11. The van der Waals surface area contributed by atoms with Gasteiger partial charge in [-0.15, -0.1) is 10.2 Å². The molecule has 0 amide bonds. The molecule has 2 N–H and O–H groups in total. The molecule has 130 valence electrons. The standard InChI is InChI=1S/C19H18N6O/c1-13-10-20-18(12-26)25(13)11-14-6-8-15(9-7-14)16-4-2-3-5-17(16)19-21-23-24-22-19/h2-10,26H,11-12H2,1H3,(H,21,22,23,24). The molecule has 2 aromatic heterocycles. The highest BCUT2D eigenvalue weighted by molar-refractivity contribution is 5.80. The van der Waals surface area contributed by atoms with Crippen LogP contribution in [0.2, 0.25) is 0 Å². The van der Waals surface area contributed by atoms with Crippen LogP contribution in [0.15, 0.2) is 54.7 Å². The number of aromatic nitrogens is 6. The molecular formula is C19H18N6O. The number of aliphatic hydroxyl groups excluding tert-OH is 1. The number of aromatic amines is 1. The van der Waals surface area contributed by atoms with Crippen molar-refractivity contribution in [3.05, 3.63) is 71.8 Å². The smallest absolute Gasteiger partial charge is 0.205 e. The van der Waals surface area contributed by atoms with Crippen LogP contribution in [-0.2, 0) is 13.2 Å². The predicted octanol–water partition coefficient (Wildman–Crippen LogP) is 2.58. The first-order valence-corrected chi connectivity index (χ1v) is 8.30. The Balaban J connectivity index is 1.64. The van der Waals surface area contributed by atoms with E-state index in [9.17, 15) is 5.11 Å². The number of tetrazole rings is 1.